The summed E-state index contributed by atoms with van der Waals surface area (Å²) in [7, 11) is 0. The van der Waals surface area contributed by atoms with Crippen LogP contribution in [0.5, 0.6) is 0 Å². The molecule has 0 bridgehead atoms. The van der Waals surface area contributed by atoms with Crippen LogP contribution < -0.4 is 0 Å². The number of rotatable bonds is 2. The molecule has 1 aliphatic rings. The lowest BCUT2D eigenvalue weighted by Crippen LogP contribution is -2.14. The summed E-state index contributed by atoms with van der Waals surface area (Å²) in [5, 5.41) is 3.03. The molecule has 1 fully saturated rings. The van der Waals surface area contributed by atoms with Crippen LogP contribution in [0.3, 0.4) is 0 Å². The Hall–Kier alpha value is -0.660. The van der Waals surface area contributed by atoms with Crippen molar-refractivity contribution in [3.63, 3.8) is 0 Å². The molecular weight excluding hydrogens is 126 g/mol. The van der Waals surface area contributed by atoms with Gasteiger partial charge in [-0.2, -0.15) is 4.91 Å². The maximum absolute atomic E-state index is 10.1. The molecule has 1 aliphatic carbocycles. The van der Waals surface area contributed by atoms with Crippen molar-refractivity contribution in [1.29, 1.82) is 0 Å². The lowest BCUT2D eigenvalue weighted by molar-refractivity contribution is 0.376. The van der Waals surface area contributed by atoms with Gasteiger partial charge in [0.2, 0.25) is 0 Å². The Morgan fingerprint density at radius 2 is 1.90 bits per heavy atom. The van der Waals surface area contributed by atoms with E-state index < -0.39 is 0 Å². The van der Waals surface area contributed by atoms with Crippen LogP contribution in [0.15, 0.2) is 17.8 Å². The minimum atomic E-state index is 0.0937. The molecule has 0 spiro atoms. The maximum atomic E-state index is 10.1. The molecule has 10 heavy (non-hydrogen) atoms. The third kappa shape index (κ3) is 1.66. The first kappa shape index (κ1) is 7.45. The fourth-order valence-electron chi connectivity index (χ4n) is 1.44. The smallest absolute Gasteiger partial charge is 0.0920 e. The zero-order valence-corrected chi connectivity index (χ0v) is 6.12. The largest absolute Gasteiger partial charge is 0.151 e. The fourth-order valence-corrected chi connectivity index (χ4v) is 1.44. The third-order valence-corrected chi connectivity index (χ3v) is 2.22. The molecule has 1 saturated carbocycles. The standard InChI is InChI=1S/C8H13NO/c1-2-7-3-5-8(9-10)6-4-7/h2,7-8H,1,3-6H2. The monoisotopic (exact) mass is 139 g/mol. The third-order valence-electron chi connectivity index (χ3n) is 2.22. The van der Waals surface area contributed by atoms with Crippen molar-refractivity contribution >= 4 is 0 Å². The molecule has 0 heterocycles. The minimum absolute atomic E-state index is 0.0937. The Bertz CT molecular complexity index is 109. The van der Waals surface area contributed by atoms with Crippen molar-refractivity contribution in [3.8, 4) is 0 Å². The van der Waals surface area contributed by atoms with Gasteiger partial charge in [0.25, 0.3) is 0 Å². The SMILES string of the molecule is C=CC1CCC(N=O)CC1. The van der Waals surface area contributed by atoms with Gasteiger partial charge in [-0.25, -0.2) is 0 Å². The predicted molar refractivity (Wildman–Crippen MR) is 41.7 cm³/mol. The van der Waals surface area contributed by atoms with Gasteiger partial charge in [-0.1, -0.05) is 11.3 Å². The minimum Gasteiger partial charge on any atom is -0.151 e. The number of allylic oxidation sites excluding steroid dienone is 1. The van der Waals surface area contributed by atoms with Crippen LogP contribution in [-0.2, 0) is 0 Å². The summed E-state index contributed by atoms with van der Waals surface area (Å²) < 4.78 is 0. The average Bonchev–Trinajstić information content (AvgIpc) is 2.05. The average molecular weight is 139 g/mol. The molecule has 0 aromatic carbocycles. The molecule has 0 atom stereocenters. The summed E-state index contributed by atoms with van der Waals surface area (Å²) in [4.78, 5) is 10.1. The number of hydrogen-bond acceptors (Lipinski definition) is 2. The van der Waals surface area contributed by atoms with Gasteiger partial charge < -0.3 is 0 Å². The van der Waals surface area contributed by atoms with E-state index in [2.05, 4.69) is 11.8 Å². The second-order valence-electron chi connectivity index (χ2n) is 2.91. The fraction of sp³-hybridized carbons (Fsp3) is 0.750. The molecule has 0 amide bonds. The molecule has 0 aliphatic heterocycles. The van der Waals surface area contributed by atoms with E-state index in [0.717, 1.165) is 25.7 Å². The Morgan fingerprint density at radius 1 is 1.30 bits per heavy atom. The molecule has 1 rings (SSSR count). The molecule has 0 radical (unpaired) electrons. The van der Waals surface area contributed by atoms with Crippen LogP contribution in [0.1, 0.15) is 25.7 Å². The van der Waals surface area contributed by atoms with Crippen molar-refractivity contribution in [2.75, 3.05) is 0 Å². The number of nitroso groups, excluding NO2 is 1. The summed E-state index contributed by atoms with van der Waals surface area (Å²) in [6, 6.07) is 0.0937. The zero-order chi connectivity index (χ0) is 7.40. The van der Waals surface area contributed by atoms with E-state index >= 15 is 0 Å². The van der Waals surface area contributed by atoms with E-state index in [0.29, 0.717) is 5.92 Å². The molecule has 0 unspecified atom stereocenters. The van der Waals surface area contributed by atoms with Gasteiger partial charge in [0.05, 0.1) is 6.04 Å². The lowest BCUT2D eigenvalue weighted by Gasteiger charge is -2.21. The molecule has 0 aromatic rings. The number of nitrogens with zero attached hydrogens (tertiary/aromatic N) is 1. The van der Waals surface area contributed by atoms with Gasteiger partial charge in [-0.15, -0.1) is 6.58 Å². The van der Waals surface area contributed by atoms with Gasteiger partial charge in [-0.05, 0) is 31.6 Å². The Balaban J connectivity index is 2.30. The van der Waals surface area contributed by atoms with Crippen molar-refractivity contribution < 1.29 is 0 Å². The summed E-state index contributed by atoms with van der Waals surface area (Å²) in [5.74, 6) is 0.637. The molecule has 56 valence electrons. The highest BCUT2D eigenvalue weighted by atomic mass is 16.3. The first-order valence-electron chi connectivity index (χ1n) is 3.82. The quantitative estimate of drug-likeness (QED) is 0.427. The van der Waals surface area contributed by atoms with Crippen LogP contribution in [0.2, 0.25) is 0 Å². The highest BCUT2D eigenvalue weighted by molar-refractivity contribution is 4.85. The van der Waals surface area contributed by atoms with Crippen LogP contribution in [0, 0.1) is 10.8 Å². The van der Waals surface area contributed by atoms with E-state index in [-0.39, 0.29) is 6.04 Å². The topological polar surface area (TPSA) is 29.4 Å². The number of hydrogen-bond donors (Lipinski definition) is 0. The van der Waals surface area contributed by atoms with Crippen LogP contribution in [-0.4, -0.2) is 6.04 Å². The maximum Gasteiger partial charge on any atom is 0.0920 e. The van der Waals surface area contributed by atoms with Gasteiger partial charge in [0.1, 0.15) is 0 Å². The summed E-state index contributed by atoms with van der Waals surface area (Å²) in [5.41, 5.74) is 0. The Kier molecular flexibility index (Phi) is 2.60. The Morgan fingerprint density at radius 3 is 2.30 bits per heavy atom. The summed E-state index contributed by atoms with van der Waals surface area (Å²) in [6.07, 6.45) is 6.10. The molecule has 0 N–H and O–H groups in total. The normalized spacial score (nSPS) is 33.2. The van der Waals surface area contributed by atoms with Crippen LogP contribution >= 0.6 is 0 Å². The predicted octanol–water partition coefficient (Wildman–Crippen LogP) is 2.50. The second kappa shape index (κ2) is 3.49. The molecule has 2 nitrogen and oxygen atoms in total. The first-order chi connectivity index (χ1) is 4.86. The van der Waals surface area contributed by atoms with Crippen molar-refractivity contribution in [3.05, 3.63) is 17.6 Å². The van der Waals surface area contributed by atoms with E-state index in [1.165, 1.54) is 0 Å². The van der Waals surface area contributed by atoms with Crippen LogP contribution in [0.4, 0.5) is 0 Å². The summed E-state index contributed by atoms with van der Waals surface area (Å²) in [6.45, 7) is 3.73. The molecule has 0 aromatic heterocycles. The Labute approximate surface area is 61.3 Å². The molecule has 2 heteroatoms. The van der Waals surface area contributed by atoms with E-state index in [9.17, 15) is 4.91 Å². The highest BCUT2D eigenvalue weighted by Gasteiger charge is 2.18. The van der Waals surface area contributed by atoms with Crippen molar-refractivity contribution in [2.24, 2.45) is 11.1 Å². The van der Waals surface area contributed by atoms with Crippen LogP contribution in [0.25, 0.3) is 0 Å². The zero-order valence-electron chi connectivity index (χ0n) is 6.12. The van der Waals surface area contributed by atoms with Crippen molar-refractivity contribution in [1.82, 2.24) is 0 Å². The van der Waals surface area contributed by atoms with Gasteiger partial charge >= 0.3 is 0 Å². The summed E-state index contributed by atoms with van der Waals surface area (Å²) >= 11 is 0. The van der Waals surface area contributed by atoms with Gasteiger partial charge in [0.15, 0.2) is 0 Å². The lowest BCUT2D eigenvalue weighted by atomic mass is 9.87. The van der Waals surface area contributed by atoms with Crippen molar-refractivity contribution in [2.45, 2.75) is 31.7 Å². The van der Waals surface area contributed by atoms with E-state index in [4.69, 9.17) is 0 Å². The van der Waals surface area contributed by atoms with E-state index in [1.54, 1.807) is 0 Å². The van der Waals surface area contributed by atoms with Gasteiger partial charge in [-0.3, -0.25) is 0 Å². The molecular formula is C8H13NO. The van der Waals surface area contributed by atoms with E-state index in [1.807, 2.05) is 6.08 Å². The second-order valence-corrected chi connectivity index (χ2v) is 2.91. The first-order valence-corrected chi connectivity index (χ1v) is 3.82. The van der Waals surface area contributed by atoms with Gasteiger partial charge in [0, 0.05) is 0 Å². The molecule has 0 saturated heterocycles. The highest BCUT2D eigenvalue weighted by Crippen LogP contribution is 2.26.